The van der Waals surface area contributed by atoms with Crippen LogP contribution in [0.3, 0.4) is 0 Å². The van der Waals surface area contributed by atoms with Crippen LogP contribution in [0.2, 0.25) is 0 Å². The zero-order chi connectivity index (χ0) is 17.2. The summed E-state index contributed by atoms with van der Waals surface area (Å²) in [7, 11) is 0. The van der Waals surface area contributed by atoms with Crippen molar-refractivity contribution in [2.45, 2.75) is 13.1 Å². The zero-order valence-corrected chi connectivity index (χ0v) is 15.8. The zero-order valence-electron chi connectivity index (χ0n) is 14.2. The molecular weight excluding hydrogens is 378 g/mol. The van der Waals surface area contributed by atoms with Crippen LogP contribution in [0.1, 0.15) is 11.1 Å². The van der Waals surface area contributed by atoms with Gasteiger partial charge < -0.3 is 19.9 Å². The van der Waals surface area contributed by atoms with Crippen molar-refractivity contribution in [2.24, 2.45) is 0 Å². The van der Waals surface area contributed by atoms with Crippen LogP contribution in [0.5, 0.6) is 5.75 Å². The van der Waals surface area contributed by atoms with E-state index in [9.17, 15) is 5.11 Å². The van der Waals surface area contributed by atoms with E-state index in [-0.39, 0.29) is 0 Å². The number of fused-ring (bicyclic) bond motifs is 1. The summed E-state index contributed by atoms with van der Waals surface area (Å²) in [5, 5.41) is 11.4. The summed E-state index contributed by atoms with van der Waals surface area (Å²) in [5.74, 6) is 0.407. The van der Waals surface area contributed by atoms with Gasteiger partial charge in [0.2, 0.25) is 0 Å². The van der Waals surface area contributed by atoms with Gasteiger partial charge in [-0.25, -0.2) is 0 Å². The fourth-order valence-electron chi connectivity index (χ4n) is 3.82. The summed E-state index contributed by atoms with van der Waals surface area (Å²) in [5.41, 5.74) is 3.68. The number of hydrogen-bond acceptors (Lipinski definition) is 1. The average molecular weight is 402 g/mol. The van der Waals surface area contributed by atoms with Crippen molar-refractivity contribution in [3.8, 4) is 5.75 Å². The van der Waals surface area contributed by atoms with Crippen LogP contribution < -0.4 is 9.80 Å². The third kappa shape index (κ3) is 3.73. The molecule has 0 spiro atoms. The van der Waals surface area contributed by atoms with Crippen LogP contribution in [0.15, 0.2) is 53.1 Å². The van der Waals surface area contributed by atoms with E-state index in [4.69, 9.17) is 0 Å². The maximum absolute atomic E-state index is 10.0. The van der Waals surface area contributed by atoms with Gasteiger partial charge in [0, 0.05) is 32.7 Å². The van der Waals surface area contributed by atoms with Crippen molar-refractivity contribution in [3.63, 3.8) is 0 Å². The summed E-state index contributed by atoms with van der Waals surface area (Å²) in [6.45, 7) is 6.60. The van der Waals surface area contributed by atoms with Gasteiger partial charge in [0.05, 0.1) is 0 Å². The largest absolute Gasteiger partial charge is 0.507 e. The first kappa shape index (κ1) is 16.6. The molecule has 0 unspecified atom stereocenters. The normalized spacial score (nSPS) is 20.8. The Labute approximate surface area is 156 Å². The van der Waals surface area contributed by atoms with Crippen LogP contribution in [0.25, 0.3) is 10.9 Å². The van der Waals surface area contributed by atoms with Crippen molar-refractivity contribution < 1.29 is 14.9 Å². The summed E-state index contributed by atoms with van der Waals surface area (Å²) >= 11 is 3.50. The Kier molecular flexibility index (Phi) is 4.79. The van der Waals surface area contributed by atoms with Gasteiger partial charge in [-0.2, -0.15) is 0 Å². The molecule has 0 atom stereocenters. The number of aromatic nitrogens is 1. The first-order valence-electron chi connectivity index (χ1n) is 8.88. The number of phenols is 1. The number of benzene rings is 2. The van der Waals surface area contributed by atoms with Gasteiger partial charge in [-0.3, -0.25) is 0 Å². The van der Waals surface area contributed by atoms with E-state index in [1.807, 2.05) is 12.1 Å². The molecule has 0 aliphatic carbocycles. The van der Waals surface area contributed by atoms with Crippen molar-refractivity contribution in [2.75, 3.05) is 26.2 Å². The van der Waals surface area contributed by atoms with Gasteiger partial charge in [-0.05, 0) is 24.3 Å². The number of halogens is 1. The lowest BCUT2D eigenvalue weighted by atomic mass is 10.1. The Morgan fingerprint density at radius 2 is 1.60 bits per heavy atom. The molecule has 1 aliphatic rings. The lowest BCUT2D eigenvalue weighted by Crippen LogP contribution is -3.27. The number of aromatic hydroxyl groups is 1. The highest BCUT2D eigenvalue weighted by Crippen LogP contribution is 2.21. The van der Waals surface area contributed by atoms with E-state index in [2.05, 4.69) is 51.4 Å². The predicted octanol–water partition coefficient (Wildman–Crippen LogP) is 1.12. The molecule has 2 aromatic carbocycles. The van der Waals surface area contributed by atoms with Crippen LogP contribution in [-0.4, -0.2) is 36.3 Å². The van der Waals surface area contributed by atoms with Gasteiger partial charge >= 0.3 is 0 Å². The second-order valence-electron chi connectivity index (χ2n) is 6.99. The number of para-hydroxylation sites is 1. The molecule has 0 bridgehead atoms. The molecule has 0 saturated carbocycles. The molecule has 1 aromatic heterocycles. The molecule has 2 heterocycles. The Morgan fingerprint density at radius 1 is 0.920 bits per heavy atom. The van der Waals surface area contributed by atoms with Crippen molar-refractivity contribution >= 4 is 26.8 Å². The molecular formula is C20H24BrN3O+2. The quantitative estimate of drug-likeness (QED) is 0.520. The third-order valence-electron chi connectivity index (χ3n) is 5.26. The van der Waals surface area contributed by atoms with Gasteiger partial charge in [-0.15, -0.1) is 0 Å². The highest BCUT2D eigenvalue weighted by molar-refractivity contribution is 9.10. The molecule has 130 valence electrons. The first-order chi connectivity index (χ1) is 12.2. The average Bonchev–Trinajstić information content (AvgIpc) is 3.03. The highest BCUT2D eigenvalue weighted by atomic mass is 79.9. The number of quaternary nitrogens is 2. The van der Waals surface area contributed by atoms with E-state index >= 15 is 0 Å². The lowest BCUT2D eigenvalue weighted by Gasteiger charge is -2.29. The molecule has 5 heteroatoms. The van der Waals surface area contributed by atoms with Crippen LogP contribution in [-0.2, 0) is 13.1 Å². The summed E-state index contributed by atoms with van der Waals surface area (Å²) in [6, 6.07) is 14.2. The molecule has 4 N–H and O–H groups in total. The van der Waals surface area contributed by atoms with Crippen LogP contribution in [0, 0.1) is 0 Å². The van der Waals surface area contributed by atoms with E-state index in [0.29, 0.717) is 5.75 Å². The van der Waals surface area contributed by atoms with Crippen molar-refractivity contribution in [1.82, 2.24) is 4.98 Å². The van der Waals surface area contributed by atoms with Gasteiger partial charge in [-0.1, -0.05) is 34.1 Å². The topological polar surface area (TPSA) is 44.9 Å². The first-order valence-corrected chi connectivity index (χ1v) is 9.68. The number of piperazine rings is 1. The minimum Gasteiger partial charge on any atom is -0.507 e. The Balaban J connectivity index is 1.36. The Bertz CT molecular complexity index is 868. The third-order valence-corrected chi connectivity index (χ3v) is 5.75. The highest BCUT2D eigenvalue weighted by Gasteiger charge is 2.24. The number of aromatic amines is 1. The van der Waals surface area contributed by atoms with E-state index in [1.165, 1.54) is 29.6 Å². The number of phenolic OH excluding ortho intramolecular Hbond substituents is 1. The number of nitrogens with one attached hydrogen (secondary N) is 3. The minimum atomic E-state index is 0.407. The smallest absolute Gasteiger partial charge is 0.127 e. The molecule has 4 rings (SSSR count). The monoisotopic (exact) mass is 401 g/mol. The fourth-order valence-corrected chi connectivity index (χ4v) is 4.23. The lowest BCUT2D eigenvalue weighted by molar-refractivity contribution is -1.02. The van der Waals surface area contributed by atoms with Crippen LogP contribution >= 0.6 is 15.9 Å². The maximum atomic E-state index is 10.0. The van der Waals surface area contributed by atoms with E-state index in [1.54, 1.807) is 15.9 Å². The maximum Gasteiger partial charge on any atom is 0.127 e. The predicted molar refractivity (Wildman–Crippen MR) is 103 cm³/mol. The van der Waals surface area contributed by atoms with Crippen molar-refractivity contribution in [3.05, 3.63) is 64.3 Å². The van der Waals surface area contributed by atoms with Gasteiger partial charge in [0.15, 0.2) is 0 Å². The van der Waals surface area contributed by atoms with E-state index < -0.39 is 0 Å². The summed E-state index contributed by atoms with van der Waals surface area (Å²) in [4.78, 5) is 6.58. The summed E-state index contributed by atoms with van der Waals surface area (Å²) < 4.78 is 1.03. The SMILES string of the molecule is Oc1ccc(Br)cc1C[NH+]1CC[NH+](Cc2c[nH]c3ccccc23)CC1. The van der Waals surface area contributed by atoms with Crippen LogP contribution in [0.4, 0.5) is 0 Å². The van der Waals surface area contributed by atoms with Gasteiger partial charge in [0.25, 0.3) is 0 Å². The molecule has 1 saturated heterocycles. The van der Waals surface area contributed by atoms with Gasteiger partial charge in [0.1, 0.15) is 45.0 Å². The second-order valence-corrected chi connectivity index (χ2v) is 7.90. The molecule has 1 aliphatic heterocycles. The minimum absolute atomic E-state index is 0.407. The molecule has 1 fully saturated rings. The fraction of sp³-hybridized carbons (Fsp3) is 0.300. The number of H-pyrrole nitrogens is 1. The second kappa shape index (κ2) is 7.20. The molecule has 25 heavy (non-hydrogen) atoms. The number of rotatable bonds is 4. The molecule has 0 amide bonds. The standard InChI is InChI=1S/C20H22BrN3O/c21-17-5-6-20(25)15(11-17)13-23-7-9-24(10-8-23)14-16-12-22-19-4-2-1-3-18(16)19/h1-6,11-12,22,25H,7-10,13-14H2/p+2. The van der Waals surface area contributed by atoms with E-state index in [0.717, 1.165) is 36.2 Å². The summed E-state index contributed by atoms with van der Waals surface area (Å²) in [6.07, 6.45) is 2.16. The molecule has 4 nitrogen and oxygen atoms in total. The molecule has 3 aromatic rings. The number of hydrogen-bond donors (Lipinski definition) is 4. The molecule has 0 radical (unpaired) electrons. The van der Waals surface area contributed by atoms with Crippen molar-refractivity contribution in [1.29, 1.82) is 0 Å². The Morgan fingerprint density at radius 3 is 2.36 bits per heavy atom. The Hall–Kier alpha value is -1.82.